The number of hydrogen-bond acceptors (Lipinski definition) is 10. The topological polar surface area (TPSA) is 114 Å². The predicted molar refractivity (Wildman–Crippen MR) is 168 cm³/mol. The zero-order chi connectivity index (χ0) is 30.8. The van der Waals surface area contributed by atoms with Gasteiger partial charge in [0.25, 0.3) is 0 Å². The summed E-state index contributed by atoms with van der Waals surface area (Å²) in [5.41, 5.74) is 1.29. The minimum absolute atomic E-state index is 0.175. The van der Waals surface area contributed by atoms with Gasteiger partial charge in [-0.3, -0.25) is 4.90 Å². The summed E-state index contributed by atoms with van der Waals surface area (Å²) in [4.78, 5) is 37.5. The molecule has 0 aromatic carbocycles. The molecule has 12 heteroatoms. The van der Waals surface area contributed by atoms with E-state index in [-0.39, 0.29) is 11.7 Å². The number of rotatable bonds is 8. The molecule has 3 aromatic heterocycles. The molecule has 5 heterocycles. The quantitative estimate of drug-likeness (QED) is 0.391. The number of pyridine rings is 1. The molecule has 234 valence electrons. The molecule has 2 aliphatic rings. The summed E-state index contributed by atoms with van der Waals surface area (Å²) in [7, 11) is 1.83. The number of hydrogen-bond donors (Lipinski definition) is 1. The van der Waals surface area contributed by atoms with Crippen molar-refractivity contribution in [3.63, 3.8) is 0 Å². The van der Waals surface area contributed by atoms with Crippen LogP contribution in [0.3, 0.4) is 0 Å². The Morgan fingerprint density at radius 3 is 2.42 bits per heavy atom. The van der Waals surface area contributed by atoms with Crippen molar-refractivity contribution in [3.05, 3.63) is 30.4 Å². The second-order valence-corrected chi connectivity index (χ2v) is 13.0. The highest BCUT2D eigenvalue weighted by Gasteiger charge is 2.36. The SMILES string of the molecule is COC1(CCN2CCN(C(=O)OC(C)(C)C)CC2)CCN(c2nccc(Nc3cc4c(cn3)nc(C)n4C(C)C)n2)CC1. The number of nitrogens with one attached hydrogen (secondary N) is 1. The van der Waals surface area contributed by atoms with Crippen molar-refractivity contribution in [2.24, 2.45) is 0 Å². The average molecular weight is 594 g/mol. The monoisotopic (exact) mass is 593 g/mol. The van der Waals surface area contributed by atoms with E-state index in [9.17, 15) is 4.79 Å². The van der Waals surface area contributed by atoms with Crippen LogP contribution < -0.4 is 10.2 Å². The van der Waals surface area contributed by atoms with E-state index in [1.807, 2.05) is 58.0 Å². The van der Waals surface area contributed by atoms with Gasteiger partial charge in [0.05, 0.1) is 17.3 Å². The van der Waals surface area contributed by atoms with E-state index in [4.69, 9.17) is 14.5 Å². The highest BCUT2D eigenvalue weighted by Crippen LogP contribution is 2.32. The van der Waals surface area contributed by atoms with Crippen LogP contribution in [-0.2, 0) is 9.47 Å². The Morgan fingerprint density at radius 2 is 1.77 bits per heavy atom. The molecule has 0 spiro atoms. The van der Waals surface area contributed by atoms with Gasteiger partial charge in [-0.1, -0.05) is 0 Å². The number of fused-ring (bicyclic) bond motifs is 1. The number of amides is 1. The second-order valence-electron chi connectivity index (χ2n) is 13.0. The number of carbonyl (C=O) groups is 1. The van der Waals surface area contributed by atoms with Gasteiger partial charge < -0.3 is 29.2 Å². The number of methoxy groups -OCH3 is 1. The van der Waals surface area contributed by atoms with Crippen LogP contribution in [-0.4, -0.2) is 105 Å². The van der Waals surface area contributed by atoms with Crippen LogP contribution in [0.15, 0.2) is 24.5 Å². The molecule has 0 aliphatic carbocycles. The summed E-state index contributed by atoms with van der Waals surface area (Å²) in [6.07, 6.45) is 6.13. The fourth-order valence-electron chi connectivity index (χ4n) is 6.05. The number of ether oxygens (including phenoxy) is 2. The van der Waals surface area contributed by atoms with E-state index in [0.29, 0.717) is 30.9 Å². The first-order valence-corrected chi connectivity index (χ1v) is 15.4. The number of anilines is 3. The molecule has 12 nitrogen and oxygen atoms in total. The highest BCUT2D eigenvalue weighted by atomic mass is 16.6. The van der Waals surface area contributed by atoms with Crippen LogP contribution in [0.2, 0.25) is 0 Å². The first kappa shape index (κ1) is 30.9. The zero-order valence-electron chi connectivity index (χ0n) is 26.8. The Kier molecular flexibility index (Phi) is 9.07. The Labute approximate surface area is 254 Å². The summed E-state index contributed by atoms with van der Waals surface area (Å²) in [5, 5.41) is 3.36. The van der Waals surface area contributed by atoms with Crippen molar-refractivity contribution in [1.82, 2.24) is 34.3 Å². The summed E-state index contributed by atoms with van der Waals surface area (Å²) in [6.45, 7) is 17.7. The third-order valence-corrected chi connectivity index (χ3v) is 8.47. The second kappa shape index (κ2) is 12.6. The minimum Gasteiger partial charge on any atom is -0.444 e. The van der Waals surface area contributed by atoms with Crippen molar-refractivity contribution in [3.8, 4) is 0 Å². The number of carbonyl (C=O) groups excluding carboxylic acids is 1. The molecular formula is C31H47N9O3. The lowest BCUT2D eigenvalue weighted by Gasteiger charge is -2.42. The predicted octanol–water partition coefficient (Wildman–Crippen LogP) is 4.78. The van der Waals surface area contributed by atoms with Gasteiger partial charge in [-0.15, -0.1) is 0 Å². The molecule has 2 saturated heterocycles. The molecule has 3 aromatic rings. The molecule has 2 fully saturated rings. The standard InChI is InChI=1S/C31H47N9O3/c1-22(2)40-23(3)34-24-21-33-27(20-25(24)40)35-26-8-12-32-28(36-26)38-14-10-31(42-7,11-15-38)9-13-37-16-18-39(19-17-37)29(41)43-30(4,5)6/h8,12,20-22H,9-11,13-19H2,1-7H3,(H,32,33,35,36). The molecule has 1 amide bonds. The van der Waals surface area contributed by atoms with Gasteiger partial charge in [-0.25, -0.2) is 19.7 Å². The smallest absolute Gasteiger partial charge is 0.410 e. The first-order chi connectivity index (χ1) is 20.4. The van der Waals surface area contributed by atoms with E-state index in [2.05, 4.69) is 48.5 Å². The van der Waals surface area contributed by atoms with Crippen molar-refractivity contribution in [2.45, 2.75) is 78.0 Å². The first-order valence-electron chi connectivity index (χ1n) is 15.4. The molecule has 0 unspecified atom stereocenters. The molecule has 0 saturated carbocycles. The van der Waals surface area contributed by atoms with E-state index in [0.717, 1.165) is 74.7 Å². The van der Waals surface area contributed by atoms with Crippen LogP contribution in [0, 0.1) is 6.92 Å². The maximum atomic E-state index is 12.4. The number of piperidine rings is 1. The lowest BCUT2D eigenvalue weighted by atomic mass is 9.87. The van der Waals surface area contributed by atoms with Crippen molar-refractivity contribution >= 4 is 34.7 Å². The van der Waals surface area contributed by atoms with Crippen LogP contribution >= 0.6 is 0 Å². The number of imidazole rings is 1. The summed E-state index contributed by atoms with van der Waals surface area (Å²) >= 11 is 0. The van der Waals surface area contributed by atoms with Gasteiger partial charge in [-0.05, 0) is 66.9 Å². The summed E-state index contributed by atoms with van der Waals surface area (Å²) < 4.78 is 13.9. The van der Waals surface area contributed by atoms with Gasteiger partial charge >= 0.3 is 6.09 Å². The molecule has 0 atom stereocenters. The normalized spacial score (nSPS) is 18.0. The Bertz CT molecular complexity index is 1400. The van der Waals surface area contributed by atoms with Crippen LogP contribution in [0.25, 0.3) is 11.0 Å². The molecule has 1 N–H and O–H groups in total. The Morgan fingerprint density at radius 1 is 1.05 bits per heavy atom. The molecule has 5 rings (SSSR count). The van der Waals surface area contributed by atoms with Crippen LogP contribution in [0.5, 0.6) is 0 Å². The number of piperazine rings is 1. The Hall–Kier alpha value is -3.51. The lowest BCUT2D eigenvalue weighted by molar-refractivity contribution is -0.0447. The molecule has 0 bridgehead atoms. The zero-order valence-corrected chi connectivity index (χ0v) is 26.8. The number of aromatic nitrogens is 5. The van der Waals surface area contributed by atoms with Crippen LogP contribution in [0.4, 0.5) is 22.4 Å². The third-order valence-electron chi connectivity index (χ3n) is 8.47. The highest BCUT2D eigenvalue weighted by molar-refractivity contribution is 5.79. The lowest BCUT2D eigenvalue weighted by Crippen LogP contribution is -2.52. The van der Waals surface area contributed by atoms with E-state index in [1.165, 1.54) is 0 Å². The van der Waals surface area contributed by atoms with Crippen LogP contribution in [0.1, 0.15) is 65.7 Å². The summed E-state index contributed by atoms with van der Waals surface area (Å²) in [5.74, 6) is 3.12. The van der Waals surface area contributed by atoms with Crippen molar-refractivity contribution in [1.29, 1.82) is 0 Å². The average Bonchev–Trinajstić information content (AvgIpc) is 3.31. The minimum atomic E-state index is -0.471. The fraction of sp³-hybridized carbons (Fsp3) is 0.645. The third kappa shape index (κ3) is 7.35. The molecule has 0 radical (unpaired) electrons. The van der Waals surface area contributed by atoms with Gasteiger partial charge in [0.2, 0.25) is 5.95 Å². The van der Waals surface area contributed by atoms with Crippen molar-refractivity contribution in [2.75, 3.05) is 63.1 Å². The largest absolute Gasteiger partial charge is 0.444 e. The molecule has 2 aliphatic heterocycles. The molecular weight excluding hydrogens is 546 g/mol. The summed E-state index contributed by atoms with van der Waals surface area (Å²) in [6, 6.07) is 4.20. The molecule has 43 heavy (non-hydrogen) atoms. The van der Waals surface area contributed by atoms with E-state index in [1.54, 1.807) is 6.20 Å². The van der Waals surface area contributed by atoms with Gasteiger partial charge in [-0.2, -0.15) is 4.98 Å². The maximum Gasteiger partial charge on any atom is 0.410 e. The van der Waals surface area contributed by atoms with E-state index < -0.39 is 5.60 Å². The fourth-order valence-corrected chi connectivity index (χ4v) is 6.05. The number of nitrogens with zero attached hydrogens (tertiary/aromatic N) is 8. The van der Waals surface area contributed by atoms with E-state index >= 15 is 0 Å². The van der Waals surface area contributed by atoms with Gasteiger partial charge in [0.1, 0.15) is 28.6 Å². The van der Waals surface area contributed by atoms with Crippen molar-refractivity contribution < 1.29 is 14.3 Å². The van der Waals surface area contributed by atoms with Gasteiger partial charge in [0, 0.05) is 71.2 Å². The maximum absolute atomic E-state index is 12.4. The van der Waals surface area contributed by atoms with Gasteiger partial charge in [0.15, 0.2) is 0 Å². The Balaban J connectivity index is 1.14. The number of aryl methyl sites for hydroxylation is 1.